The molecule has 16 heteroatoms. The van der Waals surface area contributed by atoms with Crippen molar-refractivity contribution < 1.29 is 53.7 Å². The van der Waals surface area contributed by atoms with Gasteiger partial charge in [0.2, 0.25) is 5.69 Å². The van der Waals surface area contributed by atoms with Crippen LogP contribution in [-0.4, -0.2) is 80.6 Å². The maximum atomic E-state index is 13.8. The summed E-state index contributed by atoms with van der Waals surface area (Å²) in [4.78, 5) is 11.8. The van der Waals surface area contributed by atoms with E-state index in [-0.39, 0.29) is 37.6 Å². The van der Waals surface area contributed by atoms with Crippen LogP contribution in [0, 0.1) is 6.92 Å². The normalized spacial score (nSPS) is 20.8. The molecule has 3 unspecified atom stereocenters. The number of hydrogen-bond acceptors (Lipinski definition) is 10. The minimum absolute atomic E-state index is 0.0421. The van der Waals surface area contributed by atoms with Gasteiger partial charge in [-0.25, -0.2) is 0 Å². The molecule has 13 nitrogen and oxygen atoms in total. The molecule has 0 aliphatic carbocycles. The Morgan fingerprint density at radius 2 is 1.57 bits per heavy atom. The molecule has 0 radical (unpaired) electrons. The molecule has 2 aliphatic heterocycles. The van der Waals surface area contributed by atoms with E-state index in [0.29, 0.717) is 36.4 Å². The van der Waals surface area contributed by atoms with E-state index in [2.05, 4.69) is 49.6 Å². The maximum Gasteiger partial charge on any atom is 0.330 e. The second kappa shape index (κ2) is 21.1. The maximum absolute atomic E-state index is 13.8. The van der Waals surface area contributed by atoms with E-state index in [0.717, 1.165) is 56.5 Å². The summed E-state index contributed by atoms with van der Waals surface area (Å²) in [7, 11) is -13.0. The molecule has 60 heavy (non-hydrogen) atoms. The van der Waals surface area contributed by atoms with Crippen molar-refractivity contribution >= 4 is 51.4 Å². The lowest BCUT2D eigenvalue weighted by molar-refractivity contribution is -0.438. The van der Waals surface area contributed by atoms with Crippen LogP contribution in [0.4, 0.5) is 11.4 Å². The second-order valence-electron chi connectivity index (χ2n) is 15.9. The van der Waals surface area contributed by atoms with Gasteiger partial charge in [0.25, 0.3) is 26.7 Å². The molecule has 2 N–H and O–H groups in total. The van der Waals surface area contributed by atoms with Gasteiger partial charge in [0, 0.05) is 40.9 Å². The van der Waals surface area contributed by atoms with Crippen LogP contribution >= 0.6 is 7.60 Å². The van der Waals surface area contributed by atoms with Crippen molar-refractivity contribution in [3.8, 4) is 0 Å². The summed E-state index contributed by atoms with van der Waals surface area (Å²) in [5.74, 6) is 0. The van der Waals surface area contributed by atoms with Crippen LogP contribution < -0.4 is 4.90 Å². The summed E-state index contributed by atoms with van der Waals surface area (Å²) in [6, 6.07) is 10.5. The molecule has 2 aromatic carbocycles. The third kappa shape index (κ3) is 11.3. The zero-order valence-corrected chi connectivity index (χ0v) is 38.7. The second-order valence-corrected chi connectivity index (χ2v) is 21.0. The molecule has 0 amide bonds. The van der Waals surface area contributed by atoms with Crippen LogP contribution in [0.15, 0.2) is 77.4 Å². The van der Waals surface area contributed by atoms with E-state index in [1.807, 2.05) is 12.2 Å². The van der Waals surface area contributed by atoms with E-state index in [4.69, 9.17) is 13.8 Å². The van der Waals surface area contributed by atoms with Crippen LogP contribution in [0.2, 0.25) is 0 Å². The van der Waals surface area contributed by atoms with Crippen LogP contribution in [0.3, 0.4) is 0 Å². The number of rotatable bonds is 25. The molecule has 2 aromatic rings. The SMILES string of the molecule is CCCCC1(C)C(C=CC=CC=C2N(C(CCC)S(=O)(=O)O)c3ccc(S(=O)(=O)O)cc3C2(C)CCP(=O)(OCC)OCC)=[N+](CCCCCOC=O)c2ccc(C)cc21. The van der Waals surface area contributed by atoms with Gasteiger partial charge in [-0.1, -0.05) is 63.0 Å². The Kier molecular flexibility index (Phi) is 17.3. The first kappa shape index (κ1) is 49.2. The summed E-state index contributed by atoms with van der Waals surface area (Å²) in [6.07, 6.45) is 15.4. The Morgan fingerprint density at radius 3 is 2.18 bits per heavy atom. The van der Waals surface area contributed by atoms with Gasteiger partial charge in [-0.2, -0.15) is 21.4 Å². The standard InChI is InChI=1S/C44H63N2O11PS2/c1-8-12-26-43(6)36-31-34(5)22-24-38(36)45(28-17-14-18-29-55-33-47)40(43)20-15-13-16-21-41-44(7,27-30-58(48,56-10-3)57-11-4)37-32-35(59(49,50)51)23-25-39(37)46(41)42(19-9-2)60(52,53)54/h13,15-16,20-25,31-33,42H,8-12,14,17-19,26-30H2,1-7H3,(H-,49,50,51,52,53,54)/p+1. The fourth-order valence-electron chi connectivity index (χ4n) is 8.52. The highest BCUT2D eigenvalue weighted by Crippen LogP contribution is 2.57. The zero-order chi connectivity index (χ0) is 44.4. The van der Waals surface area contributed by atoms with Gasteiger partial charge in [0.1, 0.15) is 6.54 Å². The Labute approximate surface area is 357 Å². The smallest absolute Gasteiger partial charge is 0.330 e. The minimum Gasteiger partial charge on any atom is -0.468 e. The average molecular weight is 892 g/mol. The molecule has 2 aliphatic rings. The van der Waals surface area contributed by atoms with Crippen molar-refractivity contribution in [1.82, 2.24) is 0 Å². The number of allylic oxidation sites excluding steroid dienone is 6. The number of hydrogen-bond donors (Lipinski definition) is 2. The lowest BCUT2D eigenvalue weighted by atomic mass is 9.75. The van der Waals surface area contributed by atoms with E-state index < -0.39 is 43.5 Å². The van der Waals surface area contributed by atoms with Crippen molar-refractivity contribution in [2.45, 2.75) is 127 Å². The molecular formula is C44H64N2O11PS2+. The lowest BCUT2D eigenvalue weighted by Crippen LogP contribution is -2.41. The molecule has 0 bridgehead atoms. The van der Waals surface area contributed by atoms with E-state index in [1.54, 1.807) is 39.8 Å². The number of ether oxygens (including phenoxy) is 1. The number of aryl methyl sites for hydroxylation is 1. The van der Waals surface area contributed by atoms with Crippen molar-refractivity contribution in [3.05, 3.63) is 89.2 Å². The fraction of sp³-hybridized carbons (Fsp3) is 0.545. The number of nitrogens with zero attached hydrogens (tertiary/aromatic N) is 2. The van der Waals surface area contributed by atoms with Crippen molar-refractivity contribution in [1.29, 1.82) is 0 Å². The Bertz CT molecular complexity index is 2230. The van der Waals surface area contributed by atoms with Crippen LogP contribution in [-0.2, 0) is 54.2 Å². The van der Waals surface area contributed by atoms with Gasteiger partial charge >= 0.3 is 7.60 Å². The molecule has 0 saturated heterocycles. The summed E-state index contributed by atoms with van der Waals surface area (Å²) in [5, 5.41) is -1.44. The highest BCUT2D eigenvalue weighted by atomic mass is 32.2. The highest BCUT2D eigenvalue weighted by Gasteiger charge is 2.50. The minimum atomic E-state index is -4.71. The predicted molar refractivity (Wildman–Crippen MR) is 237 cm³/mol. The Hall–Kier alpha value is -3.43. The molecule has 0 aromatic heterocycles. The van der Waals surface area contributed by atoms with E-state index in [1.165, 1.54) is 34.2 Å². The molecule has 0 fully saturated rings. The first-order valence-corrected chi connectivity index (χ1v) is 25.6. The van der Waals surface area contributed by atoms with Crippen LogP contribution in [0.5, 0.6) is 0 Å². The van der Waals surface area contributed by atoms with Gasteiger partial charge in [0.05, 0.1) is 36.3 Å². The third-order valence-corrected chi connectivity index (χ3v) is 15.6. The molecule has 332 valence electrons. The van der Waals surface area contributed by atoms with Gasteiger partial charge < -0.3 is 18.7 Å². The summed E-state index contributed by atoms with van der Waals surface area (Å²) in [6.45, 7) is 15.4. The molecule has 0 saturated carbocycles. The van der Waals surface area contributed by atoms with Crippen LogP contribution in [0.1, 0.15) is 116 Å². The number of carbonyl (C=O) groups excluding carboxylic acids is 1. The van der Waals surface area contributed by atoms with Crippen LogP contribution in [0.25, 0.3) is 0 Å². The molecule has 4 rings (SSSR count). The number of benzene rings is 2. The number of unbranched alkanes of at least 4 members (excludes halogenated alkanes) is 3. The topological polar surface area (TPSA) is 177 Å². The third-order valence-electron chi connectivity index (χ3n) is 11.5. The molecule has 3 atom stereocenters. The van der Waals surface area contributed by atoms with Gasteiger partial charge in [-0.05, 0) is 103 Å². The first-order valence-electron chi connectivity index (χ1n) is 21.0. The molecular weight excluding hydrogens is 828 g/mol. The van der Waals surface area contributed by atoms with Crippen molar-refractivity contribution in [3.63, 3.8) is 0 Å². The molecule has 2 heterocycles. The predicted octanol–water partition coefficient (Wildman–Crippen LogP) is 9.58. The number of anilines is 1. The van der Waals surface area contributed by atoms with Gasteiger partial charge in [0.15, 0.2) is 11.1 Å². The quantitative estimate of drug-likeness (QED) is 0.0241. The summed E-state index contributed by atoms with van der Waals surface area (Å²) < 4.78 is 104. The highest BCUT2D eigenvalue weighted by molar-refractivity contribution is 7.86. The van der Waals surface area contributed by atoms with Gasteiger partial charge in [-0.3, -0.25) is 18.5 Å². The molecule has 0 spiro atoms. The monoisotopic (exact) mass is 891 g/mol. The number of carbonyl (C=O) groups is 1. The van der Waals surface area contributed by atoms with Gasteiger partial charge in [-0.15, -0.1) is 0 Å². The number of fused-ring (bicyclic) bond motifs is 2. The Morgan fingerprint density at radius 1 is 0.850 bits per heavy atom. The summed E-state index contributed by atoms with van der Waals surface area (Å²) >= 11 is 0. The van der Waals surface area contributed by atoms with E-state index in [9.17, 15) is 35.3 Å². The van der Waals surface area contributed by atoms with Crippen molar-refractivity contribution in [2.75, 3.05) is 37.4 Å². The lowest BCUT2D eigenvalue weighted by Gasteiger charge is -2.34. The van der Waals surface area contributed by atoms with E-state index >= 15 is 0 Å². The first-order chi connectivity index (χ1) is 28.3. The van der Waals surface area contributed by atoms with Crippen molar-refractivity contribution in [2.24, 2.45) is 0 Å². The zero-order valence-electron chi connectivity index (χ0n) is 36.1. The fourth-order valence-corrected chi connectivity index (χ4v) is 11.9. The average Bonchev–Trinajstić information content (AvgIpc) is 3.56. The summed E-state index contributed by atoms with van der Waals surface area (Å²) in [5.41, 5.74) is 4.40. The largest absolute Gasteiger partial charge is 0.468 e. The Balaban J connectivity index is 1.88.